The highest BCUT2D eigenvalue weighted by Crippen LogP contribution is 1.92. The Morgan fingerprint density at radius 2 is 1.50 bits per heavy atom. The van der Waals surface area contributed by atoms with Crippen LogP contribution < -0.4 is 0 Å². The molecule has 1 aromatic rings. The standard InChI is InChI=1S/C7H5.ClH/c1-7-5-3-2-4-6-7;/h2-6H;1H. The zero-order valence-corrected chi connectivity index (χ0v) is 5.11. The molecule has 0 aromatic heterocycles. The highest BCUT2D eigenvalue weighted by atomic mass is 35.5. The van der Waals surface area contributed by atoms with E-state index in [1.807, 2.05) is 18.2 Å². The summed E-state index contributed by atoms with van der Waals surface area (Å²) in [5, 5.41) is 0. The average molecular weight is 126 g/mol. The van der Waals surface area contributed by atoms with Crippen molar-refractivity contribution in [2.75, 3.05) is 0 Å². The lowest BCUT2D eigenvalue weighted by molar-refractivity contribution is 1.62. The van der Waals surface area contributed by atoms with Crippen LogP contribution in [0.4, 0.5) is 0 Å². The van der Waals surface area contributed by atoms with Crippen LogP contribution in [-0.2, 0) is 0 Å². The second-order valence-corrected chi connectivity index (χ2v) is 1.37. The van der Waals surface area contributed by atoms with Gasteiger partial charge in [0.2, 0.25) is 0 Å². The van der Waals surface area contributed by atoms with E-state index in [-0.39, 0.29) is 12.4 Å². The van der Waals surface area contributed by atoms with Crippen molar-refractivity contribution in [3.8, 4) is 0 Å². The molecule has 0 heterocycles. The Hall–Kier alpha value is -0.490. The Bertz CT molecular complexity index is 134. The van der Waals surface area contributed by atoms with Gasteiger partial charge in [0.25, 0.3) is 0 Å². The summed E-state index contributed by atoms with van der Waals surface area (Å²) in [6.07, 6.45) is 0. The van der Waals surface area contributed by atoms with Gasteiger partial charge in [-0.15, -0.1) is 12.4 Å². The molecule has 0 amide bonds. The third-order valence-electron chi connectivity index (χ3n) is 0.774. The third-order valence-corrected chi connectivity index (χ3v) is 0.774. The molecule has 0 saturated heterocycles. The van der Waals surface area contributed by atoms with E-state index in [2.05, 4.69) is 0 Å². The first-order chi connectivity index (χ1) is 3.39. The molecule has 0 aliphatic rings. The van der Waals surface area contributed by atoms with E-state index in [4.69, 9.17) is 6.92 Å². The quantitative estimate of drug-likeness (QED) is 0.498. The molecule has 0 saturated carbocycles. The number of hydrogen-bond acceptors (Lipinski definition) is 0. The van der Waals surface area contributed by atoms with Crippen LogP contribution in [0, 0.1) is 6.92 Å². The van der Waals surface area contributed by atoms with Crippen molar-refractivity contribution in [3.05, 3.63) is 42.8 Å². The predicted octanol–water partition coefficient (Wildman–Crippen LogP) is 2.04. The molecular formula is C7H6Cl. The molecule has 0 spiro atoms. The van der Waals surface area contributed by atoms with Gasteiger partial charge in [-0.3, -0.25) is 0 Å². The van der Waals surface area contributed by atoms with Crippen molar-refractivity contribution in [2.45, 2.75) is 0 Å². The van der Waals surface area contributed by atoms with Crippen LogP contribution in [0.2, 0.25) is 0 Å². The molecule has 0 nitrogen and oxygen atoms in total. The minimum atomic E-state index is 0. The van der Waals surface area contributed by atoms with E-state index in [9.17, 15) is 0 Å². The monoisotopic (exact) mass is 125 g/mol. The van der Waals surface area contributed by atoms with Gasteiger partial charge in [0.1, 0.15) is 0 Å². The molecule has 0 bridgehead atoms. The minimum absolute atomic E-state index is 0. The molecule has 1 heteroatoms. The Kier molecular flexibility index (Phi) is 3.29. The number of benzene rings is 1. The molecule has 8 heavy (non-hydrogen) atoms. The zero-order valence-electron chi connectivity index (χ0n) is 4.29. The first kappa shape index (κ1) is 7.51. The Morgan fingerprint density at radius 3 is 1.75 bits per heavy atom. The van der Waals surface area contributed by atoms with Crippen molar-refractivity contribution in [3.63, 3.8) is 0 Å². The van der Waals surface area contributed by atoms with E-state index < -0.39 is 0 Å². The van der Waals surface area contributed by atoms with Gasteiger partial charge in [-0.25, -0.2) is 0 Å². The summed E-state index contributed by atoms with van der Waals surface area (Å²) < 4.78 is 0. The normalized spacial score (nSPS) is 7.62. The lowest BCUT2D eigenvalue weighted by Gasteiger charge is -1.81. The Morgan fingerprint density at radius 1 is 1.00 bits per heavy atom. The number of rotatable bonds is 0. The molecule has 1 rings (SSSR count). The largest absolute Gasteiger partial charge is 0.147 e. The van der Waals surface area contributed by atoms with Crippen molar-refractivity contribution < 1.29 is 0 Å². The molecular weight excluding hydrogens is 120 g/mol. The van der Waals surface area contributed by atoms with E-state index >= 15 is 0 Å². The van der Waals surface area contributed by atoms with Gasteiger partial charge < -0.3 is 0 Å². The summed E-state index contributed by atoms with van der Waals surface area (Å²) in [6.45, 7) is 7.00. The van der Waals surface area contributed by atoms with Crippen LogP contribution in [0.25, 0.3) is 0 Å². The van der Waals surface area contributed by atoms with Gasteiger partial charge in [-0.1, -0.05) is 30.3 Å². The maximum Gasteiger partial charge on any atom is 0.0299 e. The smallest absolute Gasteiger partial charge is 0.0299 e. The molecule has 0 aliphatic heterocycles. The molecule has 1 aromatic carbocycles. The maximum absolute atomic E-state index is 7.00. The van der Waals surface area contributed by atoms with Crippen molar-refractivity contribution in [1.82, 2.24) is 0 Å². The zero-order chi connectivity index (χ0) is 5.11. The number of hydrogen-bond donors (Lipinski definition) is 0. The van der Waals surface area contributed by atoms with E-state index in [0.717, 1.165) is 0 Å². The molecule has 0 fully saturated rings. The van der Waals surface area contributed by atoms with Gasteiger partial charge in [0.05, 0.1) is 0 Å². The SMILES string of the molecule is Cl.[C]c1ccccc1. The summed E-state index contributed by atoms with van der Waals surface area (Å²) in [4.78, 5) is 0. The fraction of sp³-hybridized carbons (Fsp3) is 0. The molecule has 0 N–H and O–H groups in total. The fourth-order valence-electron chi connectivity index (χ4n) is 0.438. The third kappa shape index (κ3) is 1.99. The molecule has 0 unspecified atom stereocenters. The van der Waals surface area contributed by atoms with Crippen molar-refractivity contribution in [1.29, 1.82) is 0 Å². The summed E-state index contributed by atoms with van der Waals surface area (Å²) >= 11 is 0. The second-order valence-electron chi connectivity index (χ2n) is 1.37. The van der Waals surface area contributed by atoms with Gasteiger partial charge >= 0.3 is 0 Å². The highest BCUT2D eigenvalue weighted by Gasteiger charge is 1.73. The fourth-order valence-corrected chi connectivity index (χ4v) is 0.438. The van der Waals surface area contributed by atoms with Crippen LogP contribution in [-0.4, -0.2) is 0 Å². The summed E-state index contributed by atoms with van der Waals surface area (Å²) in [5.74, 6) is 0. The molecule has 3 radical (unpaired) electrons. The highest BCUT2D eigenvalue weighted by molar-refractivity contribution is 5.85. The lowest BCUT2D eigenvalue weighted by atomic mass is 10.2. The van der Waals surface area contributed by atoms with Gasteiger partial charge in [-0.2, -0.15) is 0 Å². The van der Waals surface area contributed by atoms with Crippen LogP contribution in [0.5, 0.6) is 0 Å². The Balaban J connectivity index is 0.000000490. The van der Waals surface area contributed by atoms with Crippen LogP contribution in [0.3, 0.4) is 0 Å². The minimum Gasteiger partial charge on any atom is -0.147 e. The predicted molar refractivity (Wildman–Crippen MR) is 36.0 cm³/mol. The first-order valence-corrected chi connectivity index (χ1v) is 2.16. The van der Waals surface area contributed by atoms with Crippen LogP contribution in [0.1, 0.15) is 5.56 Å². The van der Waals surface area contributed by atoms with Gasteiger partial charge in [-0.05, 0) is 5.56 Å². The second kappa shape index (κ2) is 3.50. The van der Waals surface area contributed by atoms with Gasteiger partial charge in [0.15, 0.2) is 0 Å². The number of halogens is 1. The summed E-state index contributed by atoms with van der Waals surface area (Å²) in [5.41, 5.74) is 0.572. The van der Waals surface area contributed by atoms with Gasteiger partial charge in [0, 0.05) is 6.92 Å². The Labute approximate surface area is 55.9 Å². The van der Waals surface area contributed by atoms with Crippen molar-refractivity contribution >= 4 is 12.4 Å². The summed E-state index contributed by atoms with van der Waals surface area (Å²) in [7, 11) is 0. The lowest BCUT2D eigenvalue weighted by Crippen LogP contribution is -1.62. The average Bonchev–Trinajstić information content (AvgIpc) is 1.69. The molecule has 0 aliphatic carbocycles. The van der Waals surface area contributed by atoms with E-state index in [1.54, 1.807) is 12.1 Å². The van der Waals surface area contributed by atoms with Crippen molar-refractivity contribution in [2.24, 2.45) is 0 Å². The molecule has 0 atom stereocenters. The first-order valence-electron chi connectivity index (χ1n) is 2.16. The van der Waals surface area contributed by atoms with Crippen LogP contribution in [0.15, 0.2) is 30.3 Å². The van der Waals surface area contributed by atoms with E-state index in [0.29, 0.717) is 5.56 Å². The maximum atomic E-state index is 7.00. The van der Waals surface area contributed by atoms with Crippen LogP contribution >= 0.6 is 12.4 Å². The topological polar surface area (TPSA) is 0 Å². The molecule has 41 valence electrons. The summed E-state index contributed by atoms with van der Waals surface area (Å²) in [6, 6.07) is 9.10. The van der Waals surface area contributed by atoms with E-state index in [1.165, 1.54) is 0 Å².